The minimum Gasteiger partial charge on any atom is -0.351 e. The Morgan fingerprint density at radius 3 is 2.37 bits per heavy atom. The minimum atomic E-state index is -0.314. The van der Waals surface area contributed by atoms with Crippen LogP contribution in [-0.2, 0) is 17.9 Å². The summed E-state index contributed by atoms with van der Waals surface area (Å²) in [6.45, 7) is 4.99. The number of nitrogens with one attached hydrogen (secondary N) is 2. The lowest BCUT2D eigenvalue weighted by atomic mass is 10.2. The number of hydrogen-bond acceptors (Lipinski definition) is 5. The fraction of sp³-hybridized carbons (Fsp3) is 0.273. The molecule has 0 fully saturated rings. The van der Waals surface area contributed by atoms with Crippen molar-refractivity contribution in [2.75, 3.05) is 5.75 Å². The number of nitrogens with zero attached hydrogens (tertiary/aromatic N) is 3. The van der Waals surface area contributed by atoms with Crippen molar-refractivity contribution in [1.29, 1.82) is 0 Å². The third-order valence-corrected chi connectivity index (χ3v) is 5.46. The van der Waals surface area contributed by atoms with Gasteiger partial charge in [0.2, 0.25) is 5.91 Å². The summed E-state index contributed by atoms with van der Waals surface area (Å²) in [4.78, 5) is 24.6. The second-order valence-electron chi connectivity index (χ2n) is 6.70. The molecule has 30 heavy (non-hydrogen) atoms. The molecule has 0 saturated heterocycles. The maximum absolute atomic E-state index is 12.4. The zero-order valence-corrected chi connectivity index (χ0v) is 17.9. The molecule has 1 heterocycles. The number of rotatable bonds is 9. The van der Waals surface area contributed by atoms with Crippen molar-refractivity contribution in [2.45, 2.75) is 38.1 Å². The van der Waals surface area contributed by atoms with E-state index < -0.39 is 0 Å². The number of thioether (sulfide) groups is 1. The highest BCUT2D eigenvalue weighted by Gasteiger charge is 2.20. The van der Waals surface area contributed by atoms with E-state index >= 15 is 0 Å². The summed E-state index contributed by atoms with van der Waals surface area (Å²) in [7, 11) is 0. The van der Waals surface area contributed by atoms with Crippen LogP contribution in [0.1, 0.15) is 41.6 Å². The first-order valence-corrected chi connectivity index (χ1v) is 10.8. The van der Waals surface area contributed by atoms with Crippen LogP contribution in [0, 0.1) is 0 Å². The normalized spacial score (nSPS) is 11.7. The molecule has 3 rings (SSSR count). The lowest BCUT2D eigenvalue weighted by Crippen LogP contribution is -2.28. The molecule has 0 spiro atoms. The predicted octanol–water partition coefficient (Wildman–Crippen LogP) is 3.20. The summed E-state index contributed by atoms with van der Waals surface area (Å²) in [5.74, 6) is 0.675. The standard InChI is InChI=1S/C22H25N5O2S/c1-3-27-20(16(2)24-21(29)18-12-8-5-9-13-18)25-26-22(27)30-15-19(28)23-14-17-10-6-4-7-11-17/h4-13,16H,3,14-15H2,1-2H3,(H,23,28)(H,24,29)/t16-/m0/s1. The van der Waals surface area contributed by atoms with Crippen molar-refractivity contribution in [3.05, 3.63) is 77.6 Å². The topological polar surface area (TPSA) is 88.9 Å². The largest absolute Gasteiger partial charge is 0.351 e. The Labute approximate surface area is 180 Å². The Hall–Kier alpha value is -3.13. The van der Waals surface area contributed by atoms with Crippen LogP contribution in [0.25, 0.3) is 0 Å². The van der Waals surface area contributed by atoms with E-state index in [9.17, 15) is 9.59 Å². The maximum atomic E-state index is 12.4. The van der Waals surface area contributed by atoms with Crippen molar-refractivity contribution in [3.63, 3.8) is 0 Å². The lowest BCUT2D eigenvalue weighted by Gasteiger charge is -2.15. The van der Waals surface area contributed by atoms with Crippen LogP contribution in [0.4, 0.5) is 0 Å². The smallest absolute Gasteiger partial charge is 0.251 e. The van der Waals surface area contributed by atoms with Crippen LogP contribution < -0.4 is 10.6 Å². The van der Waals surface area contributed by atoms with Gasteiger partial charge in [0.25, 0.3) is 5.91 Å². The lowest BCUT2D eigenvalue weighted by molar-refractivity contribution is -0.118. The van der Waals surface area contributed by atoms with Gasteiger partial charge in [0.1, 0.15) is 0 Å². The summed E-state index contributed by atoms with van der Waals surface area (Å²) in [5.41, 5.74) is 1.65. The highest BCUT2D eigenvalue weighted by molar-refractivity contribution is 7.99. The second-order valence-corrected chi connectivity index (χ2v) is 7.64. The summed E-state index contributed by atoms with van der Waals surface area (Å²) in [6, 6.07) is 18.5. The monoisotopic (exact) mass is 423 g/mol. The zero-order valence-electron chi connectivity index (χ0n) is 17.0. The summed E-state index contributed by atoms with van der Waals surface area (Å²) in [6.07, 6.45) is 0. The van der Waals surface area contributed by atoms with Crippen molar-refractivity contribution >= 4 is 23.6 Å². The van der Waals surface area contributed by atoms with Crippen LogP contribution in [-0.4, -0.2) is 32.3 Å². The summed E-state index contributed by atoms with van der Waals surface area (Å²) < 4.78 is 1.92. The number of aromatic nitrogens is 3. The number of benzene rings is 2. The average Bonchev–Trinajstić information content (AvgIpc) is 3.20. The quantitative estimate of drug-likeness (QED) is 0.516. The first kappa shape index (κ1) is 21.6. The molecule has 0 saturated carbocycles. The molecular weight excluding hydrogens is 398 g/mol. The third-order valence-electron chi connectivity index (χ3n) is 4.50. The molecular formula is C22H25N5O2S. The number of carbonyl (C=O) groups excluding carboxylic acids is 2. The zero-order chi connectivity index (χ0) is 21.3. The van der Waals surface area contributed by atoms with Gasteiger partial charge >= 0.3 is 0 Å². The summed E-state index contributed by atoms with van der Waals surface area (Å²) >= 11 is 1.33. The van der Waals surface area contributed by atoms with Crippen molar-refractivity contribution in [1.82, 2.24) is 25.4 Å². The molecule has 1 aromatic heterocycles. The van der Waals surface area contributed by atoms with E-state index in [2.05, 4.69) is 20.8 Å². The molecule has 2 amide bonds. The molecule has 0 aliphatic heterocycles. The van der Waals surface area contributed by atoms with Crippen molar-refractivity contribution in [3.8, 4) is 0 Å². The van der Waals surface area contributed by atoms with E-state index in [4.69, 9.17) is 0 Å². The van der Waals surface area contributed by atoms with Crippen LogP contribution in [0.5, 0.6) is 0 Å². The number of carbonyl (C=O) groups is 2. The van der Waals surface area contributed by atoms with Gasteiger partial charge in [0, 0.05) is 18.7 Å². The molecule has 8 heteroatoms. The number of amides is 2. The van der Waals surface area contributed by atoms with Gasteiger partial charge in [-0.2, -0.15) is 0 Å². The fourth-order valence-corrected chi connectivity index (χ4v) is 3.78. The first-order valence-electron chi connectivity index (χ1n) is 9.81. The molecule has 7 nitrogen and oxygen atoms in total. The van der Waals surface area contributed by atoms with E-state index in [1.165, 1.54) is 11.8 Å². The van der Waals surface area contributed by atoms with Crippen LogP contribution in [0.3, 0.4) is 0 Å². The summed E-state index contributed by atoms with van der Waals surface area (Å²) in [5, 5.41) is 15.0. The highest BCUT2D eigenvalue weighted by atomic mass is 32.2. The fourth-order valence-electron chi connectivity index (χ4n) is 2.94. The molecule has 0 bridgehead atoms. The molecule has 1 atom stereocenters. The van der Waals surface area contributed by atoms with Gasteiger partial charge in [-0.1, -0.05) is 60.3 Å². The van der Waals surface area contributed by atoms with Crippen LogP contribution in [0.15, 0.2) is 65.8 Å². The molecule has 0 aliphatic carbocycles. The van der Waals surface area contributed by atoms with E-state index in [1.807, 2.05) is 66.9 Å². The van der Waals surface area contributed by atoms with E-state index in [-0.39, 0.29) is 23.6 Å². The van der Waals surface area contributed by atoms with Crippen LogP contribution >= 0.6 is 11.8 Å². The molecule has 2 N–H and O–H groups in total. The molecule has 0 unspecified atom stereocenters. The van der Waals surface area contributed by atoms with Gasteiger partial charge < -0.3 is 15.2 Å². The number of hydrogen-bond donors (Lipinski definition) is 2. The van der Waals surface area contributed by atoms with Gasteiger partial charge in [0.05, 0.1) is 11.8 Å². The van der Waals surface area contributed by atoms with E-state index in [0.29, 0.717) is 29.6 Å². The Morgan fingerprint density at radius 2 is 1.70 bits per heavy atom. The van der Waals surface area contributed by atoms with Gasteiger partial charge in [-0.15, -0.1) is 10.2 Å². The minimum absolute atomic E-state index is 0.0681. The highest BCUT2D eigenvalue weighted by Crippen LogP contribution is 2.20. The van der Waals surface area contributed by atoms with E-state index in [1.54, 1.807) is 12.1 Å². The van der Waals surface area contributed by atoms with E-state index in [0.717, 1.165) is 5.56 Å². The van der Waals surface area contributed by atoms with Gasteiger partial charge in [-0.3, -0.25) is 9.59 Å². The first-order chi connectivity index (χ1) is 14.6. The molecule has 2 aromatic carbocycles. The Kier molecular flexibility index (Phi) is 7.62. The Morgan fingerprint density at radius 1 is 1.03 bits per heavy atom. The Bertz CT molecular complexity index is 976. The van der Waals surface area contributed by atoms with Crippen LogP contribution in [0.2, 0.25) is 0 Å². The molecule has 0 radical (unpaired) electrons. The van der Waals surface area contributed by atoms with Gasteiger partial charge in [-0.25, -0.2) is 0 Å². The second kappa shape index (κ2) is 10.6. The van der Waals surface area contributed by atoms with Crippen molar-refractivity contribution in [2.24, 2.45) is 0 Å². The van der Waals surface area contributed by atoms with Gasteiger partial charge in [0.15, 0.2) is 11.0 Å². The van der Waals surface area contributed by atoms with Crippen molar-refractivity contribution < 1.29 is 9.59 Å². The van der Waals surface area contributed by atoms with Gasteiger partial charge in [-0.05, 0) is 31.5 Å². The Balaban J connectivity index is 1.56. The maximum Gasteiger partial charge on any atom is 0.251 e. The predicted molar refractivity (Wildman–Crippen MR) is 117 cm³/mol. The average molecular weight is 424 g/mol. The molecule has 3 aromatic rings. The third kappa shape index (κ3) is 5.70. The SMILES string of the molecule is CCn1c(SCC(=O)NCc2ccccc2)nnc1[C@H](C)NC(=O)c1ccccc1. The molecule has 0 aliphatic rings. The molecule has 156 valence electrons.